The van der Waals surface area contributed by atoms with Crippen molar-refractivity contribution in [2.45, 2.75) is 41.7 Å². The average Bonchev–Trinajstić information content (AvgIpc) is 2.43. The maximum absolute atomic E-state index is 13.0. The van der Waals surface area contributed by atoms with Crippen LogP contribution in [0.25, 0.3) is 0 Å². The third kappa shape index (κ3) is 3.42. The van der Waals surface area contributed by atoms with Gasteiger partial charge in [0.15, 0.2) is 3.83 Å². The number of halogens is 18. The first-order valence-corrected chi connectivity index (χ1v) is 6.48. The fourth-order valence-electron chi connectivity index (χ4n) is 1.22. The lowest BCUT2D eigenvalue weighted by atomic mass is 9.91. The summed E-state index contributed by atoms with van der Waals surface area (Å²) in [5, 5.41) is 0. The fourth-order valence-corrected chi connectivity index (χ4v) is 1.56. The zero-order valence-corrected chi connectivity index (χ0v) is 13.5. The monoisotopic (exact) mass is 558 g/mol. The molecule has 0 aliphatic heterocycles. The SMILES string of the molecule is FC(I)=C(F)C(F)(F)C(F)(F)C(F)(F)C(F)(F)C(F)(F)C(F)(F)C(F)(F)F. The molecule has 0 bridgehead atoms. The quantitative estimate of drug-likeness (QED) is 0.246. The van der Waals surface area contributed by atoms with Crippen LogP contribution < -0.4 is 0 Å². The van der Waals surface area contributed by atoms with E-state index in [2.05, 4.69) is 0 Å². The number of hydrogen-bond acceptors (Lipinski definition) is 0. The summed E-state index contributed by atoms with van der Waals surface area (Å²) in [7, 11) is 0. The van der Waals surface area contributed by atoms with Crippen molar-refractivity contribution in [3.05, 3.63) is 9.66 Å². The van der Waals surface area contributed by atoms with Crippen LogP contribution in [0.2, 0.25) is 0 Å². The van der Waals surface area contributed by atoms with Crippen LogP contribution in [-0.2, 0) is 0 Å². The predicted octanol–water partition coefficient (Wildman–Crippen LogP) is 6.90. The van der Waals surface area contributed by atoms with Crippen LogP contribution in [0, 0.1) is 0 Å². The van der Waals surface area contributed by atoms with E-state index in [-0.39, 0.29) is 22.6 Å². The normalized spacial score (nSPS) is 17.1. The molecule has 0 rings (SSSR count). The molecular weight excluding hydrogens is 558 g/mol. The van der Waals surface area contributed by atoms with E-state index in [9.17, 15) is 74.6 Å². The molecule has 0 heterocycles. The van der Waals surface area contributed by atoms with Crippen molar-refractivity contribution in [2.75, 3.05) is 0 Å². The second kappa shape index (κ2) is 6.67. The van der Waals surface area contributed by atoms with Gasteiger partial charge in [-0.05, 0) is 22.6 Å². The van der Waals surface area contributed by atoms with Crippen molar-refractivity contribution < 1.29 is 74.6 Å². The molecule has 0 spiro atoms. The molecule has 0 aromatic rings. The van der Waals surface area contributed by atoms with Gasteiger partial charge in [0.25, 0.3) is 0 Å². The minimum atomic E-state index is -8.53. The minimum Gasteiger partial charge on any atom is -0.201 e. The second-order valence-electron chi connectivity index (χ2n) is 4.52. The van der Waals surface area contributed by atoms with Crippen LogP contribution in [-0.4, -0.2) is 41.7 Å². The summed E-state index contributed by atoms with van der Waals surface area (Å²) < 4.78 is 211. The van der Waals surface area contributed by atoms with Crippen LogP contribution in [0.15, 0.2) is 9.66 Å². The van der Waals surface area contributed by atoms with Crippen molar-refractivity contribution in [1.29, 1.82) is 0 Å². The largest absolute Gasteiger partial charge is 0.460 e. The van der Waals surface area contributed by atoms with Crippen molar-refractivity contribution >= 4 is 22.6 Å². The molecule has 0 N–H and O–H groups in total. The van der Waals surface area contributed by atoms with Crippen molar-refractivity contribution in [1.82, 2.24) is 0 Å². The van der Waals surface area contributed by atoms with E-state index in [1.54, 1.807) is 0 Å². The fraction of sp³-hybridized carbons (Fsp3) is 0.778. The van der Waals surface area contributed by atoms with E-state index >= 15 is 0 Å². The molecule has 0 saturated carbocycles. The van der Waals surface area contributed by atoms with Gasteiger partial charge in [-0.3, -0.25) is 0 Å². The smallest absolute Gasteiger partial charge is 0.201 e. The standard InChI is InChI=1S/C9F17I/c10-1(2(11)27)3(12,13)4(14,15)5(16,17)6(18,19)7(20,21)8(22,23)9(24,25)26. The molecule has 0 atom stereocenters. The van der Waals surface area contributed by atoms with Crippen LogP contribution in [0.1, 0.15) is 0 Å². The van der Waals surface area contributed by atoms with Crippen molar-refractivity contribution in [3.8, 4) is 0 Å². The Morgan fingerprint density at radius 3 is 0.963 bits per heavy atom. The molecule has 0 radical (unpaired) electrons. The summed E-state index contributed by atoms with van der Waals surface area (Å²) >= 11 is -0.202. The summed E-state index contributed by atoms with van der Waals surface area (Å²) in [6.07, 6.45) is -7.73. The van der Waals surface area contributed by atoms with Gasteiger partial charge >= 0.3 is 41.7 Å². The number of hydrogen-bond donors (Lipinski definition) is 0. The minimum absolute atomic E-state index is 0.202. The summed E-state index contributed by atoms with van der Waals surface area (Å²) in [6, 6.07) is 0. The molecule has 0 fully saturated rings. The summed E-state index contributed by atoms with van der Waals surface area (Å²) in [5.74, 6) is -53.2. The molecule has 0 nitrogen and oxygen atoms in total. The van der Waals surface area contributed by atoms with Gasteiger partial charge in [-0.15, -0.1) is 0 Å². The number of rotatable bonds is 6. The maximum atomic E-state index is 13.0. The molecule has 0 aromatic heterocycles. The first kappa shape index (κ1) is 26.3. The highest BCUT2D eigenvalue weighted by atomic mass is 127. The zero-order chi connectivity index (χ0) is 22.7. The molecule has 0 aliphatic carbocycles. The maximum Gasteiger partial charge on any atom is 0.460 e. The van der Waals surface area contributed by atoms with Crippen LogP contribution >= 0.6 is 22.6 Å². The van der Waals surface area contributed by atoms with Crippen LogP contribution in [0.5, 0.6) is 0 Å². The molecule has 18 heteroatoms. The molecule has 0 amide bonds. The van der Waals surface area contributed by atoms with Crippen LogP contribution in [0.3, 0.4) is 0 Å². The lowest BCUT2D eigenvalue weighted by Gasteiger charge is -2.41. The lowest BCUT2D eigenvalue weighted by Crippen LogP contribution is -2.72. The first-order chi connectivity index (χ1) is 11.4. The van der Waals surface area contributed by atoms with E-state index < -0.39 is 51.4 Å². The molecule has 0 unspecified atom stereocenters. The number of alkyl halides is 15. The molecule has 162 valence electrons. The summed E-state index contributed by atoms with van der Waals surface area (Å²) in [6.45, 7) is 0. The Balaban J connectivity index is 6.70. The van der Waals surface area contributed by atoms with Crippen LogP contribution in [0.4, 0.5) is 74.6 Å². The van der Waals surface area contributed by atoms with Crippen molar-refractivity contribution in [3.63, 3.8) is 0 Å². The van der Waals surface area contributed by atoms with Gasteiger partial charge in [0.05, 0.1) is 0 Å². The highest BCUT2D eigenvalue weighted by molar-refractivity contribution is 14.1. The van der Waals surface area contributed by atoms with Gasteiger partial charge in [0, 0.05) is 0 Å². The third-order valence-electron chi connectivity index (χ3n) is 2.77. The first-order valence-electron chi connectivity index (χ1n) is 5.40. The zero-order valence-electron chi connectivity index (χ0n) is 11.3. The lowest BCUT2D eigenvalue weighted by molar-refractivity contribution is -0.450. The van der Waals surface area contributed by atoms with E-state index in [1.807, 2.05) is 0 Å². The van der Waals surface area contributed by atoms with Gasteiger partial charge in [-0.25, -0.2) is 4.39 Å². The van der Waals surface area contributed by atoms with Gasteiger partial charge in [-0.1, -0.05) is 0 Å². The Kier molecular flexibility index (Phi) is 6.49. The van der Waals surface area contributed by atoms with E-state index in [1.165, 1.54) is 0 Å². The molecular formula is C9F17I. The Morgan fingerprint density at radius 1 is 0.444 bits per heavy atom. The highest BCUT2D eigenvalue weighted by Gasteiger charge is 2.93. The van der Waals surface area contributed by atoms with Gasteiger partial charge in [-0.2, -0.15) is 70.2 Å². The highest BCUT2D eigenvalue weighted by Crippen LogP contribution is 2.63. The van der Waals surface area contributed by atoms with Gasteiger partial charge in [0.2, 0.25) is 5.83 Å². The predicted molar refractivity (Wildman–Crippen MR) is 59.0 cm³/mol. The second-order valence-corrected chi connectivity index (χ2v) is 5.47. The Bertz CT molecular complexity index is 592. The number of allylic oxidation sites excluding steroid dienone is 1. The van der Waals surface area contributed by atoms with E-state index in [0.717, 1.165) is 0 Å². The van der Waals surface area contributed by atoms with Crippen molar-refractivity contribution in [2.24, 2.45) is 0 Å². The molecule has 0 saturated heterocycles. The summed E-state index contributed by atoms with van der Waals surface area (Å²) in [4.78, 5) is 0. The van der Waals surface area contributed by atoms with Gasteiger partial charge < -0.3 is 0 Å². The average molecular weight is 558 g/mol. The Hall–Kier alpha value is -0.720. The molecule has 0 aromatic carbocycles. The Morgan fingerprint density at radius 2 is 0.704 bits per heavy atom. The topological polar surface area (TPSA) is 0 Å². The molecule has 27 heavy (non-hydrogen) atoms. The van der Waals surface area contributed by atoms with E-state index in [4.69, 9.17) is 0 Å². The third-order valence-corrected chi connectivity index (χ3v) is 3.24. The van der Waals surface area contributed by atoms with Gasteiger partial charge in [0.1, 0.15) is 0 Å². The summed E-state index contributed by atoms with van der Waals surface area (Å²) in [5.41, 5.74) is 0. The van der Waals surface area contributed by atoms with E-state index in [0.29, 0.717) is 0 Å². The Labute approximate surface area is 149 Å². The molecule has 0 aliphatic rings.